The summed E-state index contributed by atoms with van der Waals surface area (Å²) in [4.78, 5) is 13.6. The maximum Gasteiger partial charge on any atom is 0.418 e. The number of benzene rings is 1. The Morgan fingerprint density at radius 2 is 1.81 bits per heavy atom. The van der Waals surface area contributed by atoms with E-state index in [1.807, 2.05) is 48.9 Å². The van der Waals surface area contributed by atoms with Crippen LogP contribution >= 0.6 is 11.8 Å². The second-order valence-electron chi connectivity index (χ2n) is 7.83. The lowest BCUT2D eigenvalue weighted by atomic mass is 10.2. The fourth-order valence-electron chi connectivity index (χ4n) is 2.13. The zero-order valence-electron chi connectivity index (χ0n) is 16.5. The molecule has 0 spiro atoms. The van der Waals surface area contributed by atoms with Gasteiger partial charge < -0.3 is 9.16 Å². The van der Waals surface area contributed by atoms with Gasteiger partial charge in [-0.3, -0.25) is 4.57 Å². The summed E-state index contributed by atoms with van der Waals surface area (Å²) in [6.07, 6.45) is 3.44. The molecule has 0 aliphatic rings. The summed E-state index contributed by atoms with van der Waals surface area (Å²) in [5, 5.41) is 0.126. The van der Waals surface area contributed by atoms with Gasteiger partial charge in [0.05, 0.1) is 12.3 Å². The molecule has 0 saturated carbocycles. The van der Waals surface area contributed by atoms with Crippen LogP contribution in [0.4, 0.5) is 4.79 Å². The first-order valence-corrected chi connectivity index (χ1v) is 12.9. The summed E-state index contributed by atoms with van der Waals surface area (Å²) in [6.45, 7) is 11.7. The van der Waals surface area contributed by atoms with Gasteiger partial charge >= 0.3 is 6.09 Å². The molecule has 0 amide bonds. The van der Waals surface area contributed by atoms with Crippen LogP contribution in [0.25, 0.3) is 0 Å². The molecule has 2 rings (SSSR count). The van der Waals surface area contributed by atoms with E-state index in [4.69, 9.17) is 9.16 Å². The van der Waals surface area contributed by atoms with Gasteiger partial charge in [0.15, 0.2) is 8.32 Å². The lowest BCUT2D eigenvalue weighted by Gasteiger charge is -2.36. The summed E-state index contributed by atoms with van der Waals surface area (Å²) in [6, 6.07) is 11.7. The highest BCUT2D eigenvalue weighted by Gasteiger charge is 2.37. The van der Waals surface area contributed by atoms with E-state index in [1.54, 1.807) is 16.3 Å². The summed E-state index contributed by atoms with van der Waals surface area (Å²) in [5.74, 6) is 0. The van der Waals surface area contributed by atoms with Crippen molar-refractivity contribution in [1.82, 2.24) is 4.57 Å². The Labute approximate surface area is 162 Å². The standard InChI is InChI=1S/C20H29NO3SSi/c1-20(2,3)26(5,6)24-15-17-12-18(25-4)13-21(17)19(22)23-14-16-10-8-7-9-11-16/h7-13H,14-15H2,1-6H3. The van der Waals surface area contributed by atoms with E-state index in [0.29, 0.717) is 6.61 Å². The predicted octanol–water partition coefficient (Wildman–Crippen LogP) is 5.92. The predicted molar refractivity (Wildman–Crippen MR) is 110 cm³/mol. The Bertz CT molecular complexity index is 735. The lowest BCUT2D eigenvalue weighted by molar-refractivity contribution is 0.139. The molecule has 26 heavy (non-hydrogen) atoms. The first-order valence-electron chi connectivity index (χ1n) is 8.74. The zero-order valence-corrected chi connectivity index (χ0v) is 18.4. The van der Waals surface area contributed by atoms with Gasteiger partial charge in [0, 0.05) is 11.1 Å². The first-order chi connectivity index (χ1) is 12.1. The van der Waals surface area contributed by atoms with Crippen molar-refractivity contribution in [3.8, 4) is 0 Å². The molecule has 2 aromatic rings. The molecule has 1 aromatic carbocycles. The van der Waals surface area contributed by atoms with Gasteiger partial charge in [0.2, 0.25) is 0 Å². The molecule has 0 bridgehead atoms. The summed E-state index contributed by atoms with van der Waals surface area (Å²) in [7, 11) is -1.89. The Balaban J connectivity index is 2.10. The fourth-order valence-corrected chi connectivity index (χ4v) is 3.54. The Kier molecular flexibility index (Phi) is 6.77. The van der Waals surface area contributed by atoms with Gasteiger partial charge in [-0.2, -0.15) is 0 Å². The van der Waals surface area contributed by atoms with Crippen LogP contribution in [0.1, 0.15) is 32.0 Å². The number of carbonyl (C=O) groups is 1. The van der Waals surface area contributed by atoms with Crippen LogP contribution in [0.5, 0.6) is 0 Å². The molecule has 1 heterocycles. The Morgan fingerprint density at radius 3 is 2.38 bits per heavy atom. The molecule has 1 aromatic heterocycles. The van der Waals surface area contributed by atoms with Gasteiger partial charge in [-0.05, 0) is 36.0 Å². The number of nitrogens with zero attached hydrogens (tertiary/aromatic N) is 1. The molecule has 4 nitrogen and oxygen atoms in total. The van der Waals surface area contributed by atoms with Crippen molar-refractivity contribution >= 4 is 26.2 Å². The van der Waals surface area contributed by atoms with Crippen LogP contribution in [0, 0.1) is 0 Å². The van der Waals surface area contributed by atoms with E-state index < -0.39 is 8.32 Å². The number of thioether (sulfide) groups is 1. The van der Waals surface area contributed by atoms with E-state index in [2.05, 4.69) is 33.9 Å². The van der Waals surface area contributed by atoms with E-state index in [1.165, 1.54) is 0 Å². The number of hydrogen-bond donors (Lipinski definition) is 0. The van der Waals surface area contributed by atoms with Gasteiger partial charge in [-0.25, -0.2) is 4.79 Å². The number of ether oxygens (including phenoxy) is 1. The third-order valence-corrected chi connectivity index (χ3v) is 10.1. The molecular weight excluding hydrogens is 362 g/mol. The highest BCUT2D eigenvalue weighted by atomic mass is 32.2. The Morgan fingerprint density at radius 1 is 1.15 bits per heavy atom. The summed E-state index contributed by atoms with van der Waals surface area (Å²) in [5.41, 5.74) is 1.80. The van der Waals surface area contributed by atoms with E-state index in [9.17, 15) is 4.79 Å². The fraction of sp³-hybridized carbons (Fsp3) is 0.450. The third kappa shape index (κ3) is 5.25. The van der Waals surface area contributed by atoms with Gasteiger partial charge in [0.25, 0.3) is 0 Å². The average Bonchev–Trinajstić information content (AvgIpc) is 3.01. The molecule has 0 aliphatic carbocycles. The van der Waals surface area contributed by atoms with Crippen LogP contribution in [0.15, 0.2) is 47.5 Å². The summed E-state index contributed by atoms with van der Waals surface area (Å²) >= 11 is 1.60. The monoisotopic (exact) mass is 391 g/mol. The number of rotatable bonds is 6. The lowest BCUT2D eigenvalue weighted by Crippen LogP contribution is -2.40. The molecule has 0 atom stereocenters. The Hall–Kier alpha value is -1.50. The minimum atomic E-state index is -1.89. The number of aromatic nitrogens is 1. The highest BCUT2D eigenvalue weighted by Crippen LogP contribution is 2.37. The van der Waals surface area contributed by atoms with E-state index in [0.717, 1.165) is 16.2 Å². The SMILES string of the molecule is CSc1cc(CO[Si](C)(C)C(C)(C)C)n(C(=O)OCc2ccccc2)c1. The largest absolute Gasteiger partial charge is 0.444 e. The molecule has 0 aliphatic heterocycles. The quantitative estimate of drug-likeness (QED) is 0.453. The third-order valence-electron chi connectivity index (χ3n) is 4.90. The molecule has 0 fully saturated rings. The van der Waals surface area contributed by atoms with Gasteiger partial charge in [-0.1, -0.05) is 51.1 Å². The normalized spacial score (nSPS) is 12.2. The van der Waals surface area contributed by atoms with Crippen molar-refractivity contribution < 1.29 is 14.0 Å². The van der Waals surface area contributed by atoms with Crippen LogP contribution < -0.4 is 0 Å². The van der Waals surface area contributed by atoms with Crippen molar-refractivity contribution in [2.45, 2.75) is 57.0 Å². The molecule has 0 saturated heterocycles. The van der Waals surface area contributed by atoms with Crippen molar-refractivity contribution in [2.75, 3.05) is 6.26 Å². The van der Waals surface area contributed by atoms with Gasteiger partial charge in [0.1, 0.15) is 6.61 Å². The molecule has 0 unspecified atom stereocenters. The maximum atomic E-state index is 12.6. The van der Waals surface area contributed by atoms with Crippen molar-refractivity contribution in [3.05, 3.63) is 53.9 Å². The van der Waals surface area contributed by atoms with Crippen molar-refractivity contribution in [3.63, 3.8) is 0 Å². The maximum absolute atomic E-state index is 12.6. The van der Waals surface area contributed by atoms with E-state index in [-0.39, 0.29) is 17.7 Å². The smallest absolute Gasteiger partial charge is 0.418 e. The molecule has 142 valence electrons. The van der Waals surface area contributed by atoms with Crippen LogP contribution in [0.2, 0.25) is 18.1 Å². The second-order valence-corrected chi connectivity index (χ2v) is 13.5. The minimum Gasteiger partial charge on any atom is -0.444 e. The topological polar surface area (TPSA) is 40.5 Å². The molecule has 0 radical (unpaired) electrons. The molecular formula is C20H29NO3SSi. The average molecular weight is 392 g/mol. The molecule has 6 heteroatoms. The van der Waals surface area contributed by atoms with Crippen LogP contribution in [0.3, 0.4) is 0 Å². The highest BCUT2D eigenvalue weighted by molar-refractivity contribution is 7.98. The van der Waals surface area contributed by atoms with E-state index >= 15 is 0 Å². The van der Waals surface area contributed by atoms with Crippen molar-refractivity contribution in [1.29, 1.82) is 0 Å². The minimum absolute atomic E-state index is 0.126. The second kappa shape index (κ2) is 8.46. The van der Waals surface area contributed by atoms with Crippen molar-refractivity contribution in [2.24, 2.45) is 0 Å². The first kappa shape index (κ1) is 20.8. The number of hydrogen-bond acceptors (Lipinski definition) is 4. The van der Waals surface area contributed by atoms with Crippen LogP contribution in [-0.2, 0) is 22.4 Å². The van der Waals surface area contributed by atoms with Gasteiger partial charge in [-0.15, -0.1) is 11.8 Å². The van der Waals surface area contributed by atoms with Crippen LogP contribution in [-0.4, -0.2) is 25.2 Å². The zero-order chi connectivity index (χ0) is 19.4. The molecule has 0 N–H and O–H groups in total. The number of carbonyl (C=O) groups excluding carboxylic acids is 1. The summed E-state index contributed by atoms with van der Waals surface area (Å²) < 4.78 is 13.3.